The Morgan fingerprint density at radius 1 is 1.41 bits per heavy atom. The summed E-state index contributed by atoms with van der Waals surface area (Å²) in [5, 5.41) is 6.35. The largest absolute Gasteiger partial charge is 0.381 e. The number of rotatable bonds is 6. The van der Waals surface area contributed by atoms with E-state index in [-0.39, 0.29) is 11.9 Å². The molecule has 2 unspecified atom stereocenters. The predicted octanol–water partition coefficient (Wildman–Crippen LogP) is 1.45. The summed E-state index contributed by atoms with van der Waals surface area (Å²) in [7, 11) is 1.78. The highest BCUT2D eigenvalue weighted by molar-refractivity contribution is 5.76. The number of ether oxygens (including phenoxy) is 1. The molecular formula is C13H26N2O2. The smallest absolute Gasteiger partial charge is 0.221 e. The molecular weight excluding hydrogens is 216 g/mol. The van der Waals surface area contributed by atoms with Crippen molar-refractivity contribution in [2.45, 2.75) is 64.1 Å². The third-order valence-electron chi connectivity index (χ3n) is 3.19. The van der Waals surface area contributed by atoms with Crippen molar-refractivity contribution >= 4 is 5.91 Å². The fraction of sp³-hybridized carbons (Fsp3) is 0.923. The maximum Gasteiger partial charge on any atom is 0.221 e. The Bertz CT molecular complexity index is 231. The Morgan fingerprint density at radius 2 is 2.18 bits per heavy atom. The molecule has 1 aliphatic carbocycles. The van der Waals surface area contributed by atoms with Crippen LogP contribution in [0.2, 0.25) is 0 Å². The summed E-state index contributed by atoms with van der Waals surface area (Å²) in [6.45, 7) is 4.73. The molecule has 2 N–H and O–H groups in total. The van der Waals surface area contributed by atoms with Crippen molar-refractivity contribution in [2.75, 3.05) is 13.7 Å². The quantitative estimate of drug-likeness (QED) is 0.741. The number of carbonyl (C=O) groups is 1. The number of hydrogen-bond donors (Lipinski definition) is 2. The van der Waals surface area contributed by atoms with Crippen LogP contribution < -0.4 is 10.6 Å². The average Bonchev–Trinajstić information content (AvgIpc) is 2.28. The van der Waals surface area contributed by atoms with Gasteiger partial charge >= 0.3 is 0 Å². The van der Waals surface area contributed by atoms with Crippen molar-refractivity contribution in [3.63, 3.8) is 0 Å². The first-order valence-corrected chi connectivity index (χ1v) is 6.67. The van der Waals surface area contributed by atoms with Gasteiger partial charge in [0.15, 0.2) is 0 Å². The van der Waals surface area contributed by atoms with Crippen LogP contribution in [0.25, 0.3) is 0 Å². The van der Waals surface area contributed by atoms with E-state index in [2.05, 4.69) is 10.6 Å². The fourth-order valence-corrected chi connectivity index (χ4v) is 2.33. The third kappa shape index (κ3) is 6.03. The first-order valence-electron chi connectivity index (χ1n) is 6.67. The van der Waals surface area contributed by atoms with Crippen LogP contribution in [0.15, 0.2) is 0 Å². The highest BCUT2D eigenvalue weighted by Gasteiger charge is 2.21. The van der Waals surface area contributed by atoms with Crippen molar-refractivity contribution in [3.8, 4) is 0 Å². The maximum absolute atomic E-state index is 11.4. The minimum Gasteiger partial charge on any atom is -0.381 e. The summed E-state index contributed by atoms with van der Waals surface area (Å²) in [6.07, 6.45) is 5.61. The van der Waals surface area contributed by atoms with Crippen LogP contribution in [-0.2, 0) is 9.53 Å². The molecule has 17 heavy (non-hydrogen) atoms. The van der Waals surface area contributed by atoms with Gasteiger partial charge in [-0.05, 0) is 39.5 Å². The van der Waals surface area contributed by atoms with Gasteiger partial charge in [0.2, 0.25) is 5.91 Å². The standard InChI is InChI=1S/C13H26N2O2/c1-10(2)15-13(16)7-8-14-11-5-4-6-12(9-11)17-3/h10-12,14H,4-9H2,1-3H3,(H,15,16). The lowest BCUT2D eigenvalue weighted by Gasteiger charge is -2.28. The van der Waals surface area contributed by atoms with Crippen molar-refractivity contribution in [1.29, 1.82) is 0 Å². The van der Waals surface area contributed by atoms with Gasteiger partial charge in [0.05, 0.1) is 6.10 Å². The van der Waals surface area contributed by atoms with Gasteiger partial charge in [-0.15, -0.1) is 0 Å². The molecule has 1 rings (SSSR count). The van der Waals surface area contributed by atoms with Crippen LogP contribution in [0.4, 0.5) is 0 Å². The molecule has 1 aliphatic rings. The molecule has 1 amide bonds. The lowest BCUT2D eigenvalue weighted by molar-refractivity contribution is -0.121. The molecule has 0 saturated heterocycles. The fourth-order valence-electron chi connectivity index (χ4n) is 2.33. The number of nitrogens with one attached hydrogen (secondary N) is 2. The molecule has 1 saturated carbocycles. The van der Waals surface area contributed by atoms with E-state index in [1.54, 1.807) is 7.11 Å². The predicted molar refractivity (Wildman–Crippen MR) is 69.0 cm³/mol. The Morgan fingerprint density at radius 3 is 2.82 bits per heavy atom. The molecule has 0 radical (unpaired) electrons. The minimum absolute atomic E-state index is 0.131. The zero-order valence-corrected chi connectivity index (χ0v) is 11.3. The lowest BCUT2D eigenvalue weighted by atomic mass is 9.93. The van der Waals surface area contributed by atoms with Crippen LogP contribution in [0.3, 0.4) is 0 Å². The number of methoxy groups -OCH3 is 1. The molecule has 1 fully saturated rings. The van der Waals surface area contributed by atoms with Gasteiger partial charge in [0, 0.05) is 32.2 Å². The summed E-state index contributed by atoms with van der Waals surface area (Å²) < 4.78 is 5.38. The van der Waals surface area contributed by atoms with Gasteiger partial charge in [0.1, 0.15) is 0 Å². The summed E-state index contributed by atoms with van der Waals surface area (Å²) in [4.78, 5) is 11.4. The molecule has 2 atom stereocenters. The van der Waals surface area contributed by atoms with Gasteiger partial charge in [-0.1, -0.05) is 0 Å². The topological polar surface area (TPSA) is 50.4 Å². The summed E-state index contributed by atoms with van der Waals surface area (Å²) in [6, 6.07) is 0.746. The molecule has 0 bridgehead atoms. The molecule has 0 heterocycles. The Labute approximate surface area is 104 Å². The lowest BCUT2D eigenvalue weighted by Crippen LogP contribution is -2.39. The summed E-state index contributed by atoms with van der Waals surface area (Å²) in [5.74, 6) is 0.131. The zero-order valence-electron chi connectivity index (χ0n) is 11.3. The van der Waals surface area contributed by atoms with Gasteiger partial charge in [-0.25, -0.2) is 0 Å². The Balaban J connectivity index is 2.11. The van der Waals surface area contributed by atoms with Gasteiger partial charge in [-0.3, -0.25) is 4.79 Å². The molecule has 0 aromatic carbocycles. The molecule has 4 heteroatoms. The highest BCUT2D eigenvalue weighted by Crippen LogP contribution is 2.20. The second kappa shape index (κ2) is 7.67. The van der Waals surface area contributed by atoms with Crippen molar-refractivity contribution in [2.24, 2.45) is 0 Å². The Hall–Kier alpha value is -0.610. The molecule has 100 valence electrons. The SMILES string of the molecule is COC1CCCC(NCCC(=O)NC(C)C)C1. The first kappa shape index (κ1) is 14.5. The number of hydrogen-bond acceptors (Lipinski definition) is 3. The van der Waals surface area contributed by atoms with E-state index in [4.69, 9.17) is 4.74 Å². The molecule has 4 nitrogen and oxygen atoms in total. The summed E-state index contributed by atoms with van der Waals surface area (Å²) in [5.41, 5.74) is 0. The molecule has 0 aliphatic heterocycles. The van der Waals surface area contributed by atoms with Crippen LogP contribution in [0, 0.1) is 0 Å². The maximum atomic E-state index is 11.4. The highest BCUT2D eigenvalue weighted by atomic mass is 16.5. The van der Waals surface area contributed by atoms with E-state index >= 15 is 0 Å². The molecule has 0 aromatic rings. The molecule has 0 aromatic heterocycles. The van der Waals surface area contributed by atoms with Gasteiger partial charge in [-0.2, -0.15) is 0 Å². The summed E-state index contributed by atoms with van der Waals surface area (Å²) >= 11 is 0. The van der Waals surface area contributed by atoms with E-state index in [1.165, 1.54) is 19.3 Å². The Kier molecular flexibility index (Phi) is 6.52. The second-order valence-corrected chi connectivity index (χ2v) is 5.15. The van der Waals surface area contributed by atoms with E-state index in [0.717, 1.165) is 13.0 Å². The number of amides is 1. The van der Waals surface area contributed by atoms with Crippen molar-refractivity contribution < 1.29 is 9.53 Å². The van der Waals surface area contributed by atoms with E-state index in [1.807, 2.05) is 13.8 Å². The first-order chi connectivity index (χ1) is 8.11. The monoisotopic (exact) mass is 242 g/mol. The van der Waals surface area contributed by atoms with Gasteiger partial charge in [0.25, 0.3) is 0 Å². The van der Waals surface area contributed by atoms with E-state index < -0.39 is 0 Å². The average molecular weight is 242 g/mol. The molecule has 0 spiro atoms. The van der Waals surface area contributed by atoms with Crippen LogP contribution >= 0.6 is 0 Å². The van der Waals surface area contributed by atoms with Crippen molar-refractivity contribution in [1.82, 2.24) is 10.6 Å². The number of carbonyl (C=O) groups excluding carboxylic acids is 1. The van der Waals surface area contributed by atoms with E-state index in [9.17, 15) is 4.79 Å². The van der Waals surface area contributed by atoms with Crippen molar-refractivity contribution in [3.05, 3.63) is 0 Å². The van der Waals surface area contributed by atoms with Crippen LogP contribution in [-0.4, -0.2) is 37.7 Å². The van der Waals surface area contributed by atoms with Gasteiger partial charge < -0.3 is 15.4 Å². The second-order valence-electron chi connectivity index (χ2n) is 5.15. The van der Waals surface area contributed by atoms with Crippen LogP contribution in [0.1, 0.15) is 46.0 Å². The normalized spacial score (nSPS) is 24.9. The minimum atomic E-state index is 0.131. The van der Waals surface area contributed by atoms with E-state index in [0.29, 0.717) is 18.6 Å². The zero-order chi connectivity index (χ0) is 12.7. The van der Waals surface area contributed by atoms with Crippen LogP contribution in [0.5, 0.6) is 0 Å². The third-order valence-corrected chi connectivity index (χ3v) is 3.19.